The van der Waals surface area contributed by atoms with Crippen molar-refractivity contribution in [1.82, 2.24) is 10.5 Å². The highest BCUT2D eigenvalue weighted by molar-refractivity contribution is 6.33. The van der Waals surface area contributed by atoms with Gasteiger partial charge in [0.25, 0.3) is 0 Å². The first kappa shape index (κ1) is 16.7. The van der Waals surface area contributed by atoms with Gasteiger partial charge in [0.1, 0.15) is 5.69 Å². The number of fused-ring (bicyclic) bond motifs is 2. The molecule has 1 N–H and O–H groups in total. The predicted octanol–water partition coefficient (Wildman–Crippen LogP) is 4.53. The number of hydrogen-bond donors (Lipinski definition) is 1. The second-order valence-corrected chi connectivity index (χ2v) is 8.33. The Labute approximate surface area is 157 Å². The summed E-state index contributed by atoms with van der Waals surface area (Å²) in [5.41, 5.74) is 1.74. The van der Waals surface area contributed by atoms with Gasteiger partial charge in [-0.3, -0.25) is 0 Å². The van der Waals surface area contributed by atoms with Gasteiger partial charge in [0.2, 0.25) is 0 Å². The zero-order valence-electron chi connectivity index (χ0n) is 14.7. The maximum absolute atomic E-state index is 14.8. The zero-order chi connectivity index (χ0) is 17.9. The second kappa shape index (κ2) is 6.04. The molecule has 1 saturated heterocycles. The molecule has 2 aromatic rings. The van der Waals surface area contributed by atoms with E-state index >= 15 is 0 Å². The summed E-state index contributed by atoms with van der Waals surface area (Å²) in [5.74, 6) is 0.877. The molecule has 6 heteroatoms. The Balaban J connectivity index is 1.49. The molecular weight excluding hydrogens is 355 g/mol. The molecule has 26 heavy (non-hydrogen) atoms. The number of hydrogen-bond acceptors (Lipinski definition) is 4. The fraction of sp³-hybridized carbons (Fsp3) is 0.550. The summed E-state index contributed by atoms with van der Waals surface area (Å²) in [6.45, 7) is 3.30. The van der Waals surface area contributed by atoms with Crippen LogP contribution >= 0.6 is 11.6 Å². The van der Waals surface area contributed by atoms with Crippen LogP contribution in [0.15, 0.2) is 22.7 Å². The average Bonchev–Trinajstić information content (AvgIpc) is 3.01. The van der Waals surface area contributed by atoms with Crippen molar-refractivity contribution in [2.45, 2.75) is 57.0 Å². The number of halogens is 2. The molecule has 2 heterocycles. The Kier molecular flexibility index (Phi) is 3.89. The minimum atomic E-state index is -1.39. The number of rotatable bonds is 5. The van der Waals surface area contributed by atoms with Crippen molar-refractivity contribution in [3.05, 3.63) is 40.1 Å². The fourth-order valence-corrected chi connectivity index (χ4v) is 4.75. The van der Waals surface area contributed by atoms with E-state index in [4.69, 9.17) is 20.9 Å². The van der Waals surface area contributed by atoms with Gasteiger partial charge in [0.05, 0.1) is 23.3 Å². The van der Waals surface area contributed by atoms with Crippen LogP contribution in [0.2, 0.25) is 5.02 Å². The molecule has 5 rings (SSSR count). The number of benzene rings is 1. The SMILES string of the molecule is Cc1cccc(Cl)c1-c1noc(C2(F)CC2)c1CO[C@@H]1C[C@@H]2C[C@H]1CN2. The first-order chi connectivity index (χ1) is 12.5. The van der Waals surface area contributed by atoms with E-state index in [0.717, 1.165) is 29.7 Å². The van der Waals surface area contributed by atoms with Crippen molar-refractivity contribution in [2.75, 3.05) is 6.54 Å². The van der Waals surface area contributed by atoms with E-state index in [-0.39, 0.29) is 6.10 Å². The van der Waals surface area contributed by atoms with Crippen molar-refractivity contribution in [1.29, 1.82) is 0 Å². The number of nitrogens with zero attached hydrogens (tertiary/aromatic N) is 1. The Morgan fingerprint density at radius 3 is 2.88 bits per heavy atom. The first-order valence-electron chi connectivity index (χ1n) is 9.33. The third-order valence-electron chi connectivity index (χ3n) is 6.08. The fourth-order valence-electron chi connectivity index (χ4n) is 4.44. The lowest BCUT2D eigenvalue weighted by Gasteiger charge is -2.23. The highest BCUT2D eigenvalue weighted by atomic mass is 35.5. The summed E-state index contributed by atoms with van der Waals surface area (Å²) < 4.78 is 26.6. The summed E-state index contributed by atoms with van der Waals surface area (Å²) in [5, 5.41) is 8.30. The van der Waals surface area contributed by atoms with Crippen LogP contribution in [0.25, 0.3) is 11.3 Å². The Hall–Kier alpha value is -1.43. The van der Waals surface area contributed by atoms with Crippen molar-refractivity contribution >= 4 is 11.6 Å². The third kappa shape index (κ3) is 2.68. The van der Waals surface area contributed by atoms with Gasteiger partial charge in [0, 0.05) is 18.2 Å². The molecule has 1 aromatic heterocycles. The van der Waals surface area contributed by atoms with E-state index in [1.165, 1.54) is 6.42 Å². The monoisotopic (exact) mass is 376 g/mol. The summed E-state index contributed by atoms with van der Waals surface area (Å²) >= 11 is 6.43. The molecular formula is C20H22ClFN2O2. The van der Waals surface area contributed by atoms with Crippen LogP contribution in [0.1, 0.15) is 42.6 Å². The quantitative estimate of drug-likeness (QED) is 0.832. The van der Waals surface area contributed by atoms with Crippen LogP contribution < -0.4 is 5.32 Å². The maximum Gasteiger partial charge on any atom is 0.180 e. The van der Waals surface area contributed by atoms with Crippen molar-refractivity contribution in [2.24, 2.45) is 5.92 Å². The second-order valence-electron chi connectivity index (χ2n) is 7.92. The van der Waals surface area contributed by atoms with Gasteiger partial charge in [-0.1, -0.05) is 28.9 Å². The summed E-state index contributed by atoms with van der Waals surface area (Å²) in [6.07, 6.45) is 3.37. The molecule has 2 bridgehead atoms. The van der Waals surface area contributed by atoms with E-state index in [9.17, 15) is 4.39 Å². The Morgan fingerprint density at radius 1 is 1.38 bits per heavy atom. The van der Waals surface area contributed by atoms with E-state index in [0.29, 0.717) is 47.9 Å². The van der Waals surface area contributed by atoms with Crippen LogP contribution in [0.5, 0.6) is 0 Å². The number of piperidine rings is 1. The van der Waals surface area contributed by atoms with Gasteiger partial charge < -0.3 is 14.6 Å². The standard InChI is InChI=1S/C20H22ClFN2O2/c1-11-3-2-4-15(21)17(11)18-14(19(26-24-18)20(22)5-6-20)10-25-16-8-13-7-12(16)9-23-13/h2-4,12-13,16,23H,5-10H2,1H3/t12-,13-,16+/m0/s1. The van der Waals surface area contributed by atoms with Crippen LogP contribution in [-0.2, 0) is 17.0 Å². The first-order valence-corrected chi connectivity index (χ1v) is 9.71. The van der Waals surface area contributed by atoms with Crippen LogP contribution in [0, 0.1) is 12.8 Å². The van der Waals surface area contributed by atoms with Gasteiger partial charge in [-0.25, -0.2) is 4.39 Å². The number of alkyl halides is 1. The minimum absolute atomic E-state index is 0.221. The molecule has 3 aliphatic rings. The van der Waals surface area contributed by atoms with Gasteiger partial charge in [-0.05, 0) is 50.2 Å². The van der Waals surface area contributed by atoms with Crippen molar-refractivity contribution in [3.8, 4) is 11.3 Å². The van der Waals surface area contributed by atoms with E-state index in [2.05, 4.69) is 10.5 Å². The Morgan fingerprint density at radius 2 is 2.23 bits per heavy atom. The summed E-state index contributed by atoms with van der Waals surface area (Å²) in [4.78, 5) is 0. The van der Waals surface area contributed by atoms with Gasteiger partial charge in [0.15, 0.2) is 11.4 Å². The van der Waals surface area contributed by atoms with Crippen molar-refractivity contribution in [3.63, 3.8) is 0 Å². The van der Waals surface area contributed by atoms with Crippen molar-refractivity contribution < 1.29 is 13.7 Å². The molecule has 0 unspecified atom stereocenters. The molecule has 0 radical (unpaired) electrons. The number of aromatic nitrogens is 1. The lowest BCUT2D eigenvalue weighted by atomic mass is 10.00. The maximum atomic E-state index is 14.8. The van der Waals surface area contributed by atoms with E-state index in [1.807, 2.05) is 25.1 Å². The normalized spacial score (nSPS) is 28.7. The largest absolute Gasteiger partial charge is 0.373 e. The molecule has 2 saturated carbocycles. The molecule has 0 amide bonds. The van der Waals surface area contributed by atoms with E-state index in [1.54, 1.807) is 0 Å². The predicted molar refractivity (Wildman–Crippen MR) is 96.8 cm³/mol. The average molecular weight is 377 g/mol. The molecule has 1 aromatic carbocycles. The highest BCUT2D eigenvalue weighted by Gasteiger charge is 2.51. The summed E-state index contributed by atoms with van der Waals surface area (Å²) in [6, 6.07) is 6.27. The number of aryl methyl sites for hydroxylation is 1. The number of nitrogens with one attached hydrogen (secondary N) is 1. The molecule has 3 atom stereocenters. The molecule has 0 spiro atoms. The lowest BCUT2D eigenvalue weighted by molar-refractivity contribution is 0.00832. The van der Waals surface area contributed by atoms with E-state index < -0.39 is 5.67 Å². The van der Waals surface area contributed by atoms with Gasteiger partial charge in [-0.2, -0.15) is 0 Å². The number of ether oxygens (including phenoxy) is 1. The molecule has 138 valence electrons. The van der Waals surface area contributed by atoms with Crippen LogP contribution in [-0.4, -0.2) is 23.8 Å². The van der Waals surface area contributed by atoms with Gasteiger partial charge >= 0.3 is 0 Å². The smallest absolute Gasteiger partial charge is 0.180 e. The third-order valence-corrected chi connectivity index (χ3v) is 6.40. The molecule has 4 nitrogen and oxygen atoms in total. The minimum Gasteiger partial charge on any atom is -0.373 e. The van der Waals surface area contributed by atoms with Crippen LogP contribution in [0.3, 0.4) is 0 Å². The highest BCUT2D eigenvalue weighted by Crippen LogP contribution is 2.52. The van der Waals surface area contributed by atoms with Crippen LogP contribution in [0.4, 0.5) is 4.39 Å². The lowest BCUT2D eigenvalue weighted by Crippen LogP contribution is -2.34. The molecule has 3 fully saturated rings. The summed E-state index contributed by atoms with van der Waals surface area (Å²) in [7, 11) is 0. The van der Waals surface area contributed by atoms with Gasteiger partial charge in [-0.15, -0.1) is 0 Å². The topological polar surface area (TPSA) is 47.3 Å². The molecule has 2 aliphatic carbocycles. The zero-order valence-corrected chi connectivity index (χ0v) is 15.5. The Bertz CT molecular complexity index is 828. The molecule has 1 aliphatic heterocycles.